The third kappa shape index (κ3) is 4.23. The molecular formula is C16H17N5O2S2. The standard InChI is InChI=1S/C16H17N5O2S2/c1-3-24-16-19-18-15(25-16)17-14(23)12-7-8-13(22)21(20-12)11-6-4-5-10(2)9-11/h4-6,9H,3,7-8H2,1-2H3,(H,17,18,23). The number of carbonyl (C=O) groups excluding carboxylic acids is 2. The van der Waals surface area contributed by atoms with Gasteiger partial charge in [-0.25, -0.2) is 5.01 Å². The largest absolute Gasteiger partial charge is 0.295 e. The van der Waals surface area contributed by atoms with Crippen LogP contribution in [0, 0.1) is 6.92 Å². The second-order valence-electron chi connectivity index (χ2n) is 5.35. The van der Waals surface area contributed by atoms with Crippen LogP contribution in [0.25, 0.3) is 0 Å². The molecule has 0 spiro atoms. The summed E-state index contributed by atoms with van der Waals surface area (Å²) in [6.07, 6.45) is 0.551. The zero-order chi connectivity index (χ0) is 17.8. The molecule has 2 amide bonds. The maximum atomic E-state index is 12.4. The molecule has 9 heteroatoms. The van der Waals surface area contributed by atoms with Crippen molar-refractivity contribution in [3.63, 3.8) is 0 Å². The van der Waals surface area contributed by atoms with Crippen LogP contribution in [0.3, 0.4) is 0 Å². The Morgan fingerprint density at radius 1 is 1.36 bits per heavy atom. The van der Waals surface area contributed by atoms with Crippen LogP contribution in [0.2, 0.25) is 0 Å². The summed E-state index contributed by atoms with van der Waals surface area (Å²) in [6.45, 7) is 3.97. The predicted molar refractivity (Wildman–Crippen MR) is 100 cm³/mol. The molecule has 130 valence electrons. The van der Waals surface area contributed by atoms with Gasteiger partial charge < -0.3 is 0 Å². The molecule has 1 N–H and O–H groups in total. The molecule has 1 aromatic heterocycles. The van der Waals surface area contributed by atoms with E-state index in [4.69, 9.17) is 0 Å². The van der Waals surface area contributed by atoms with Gasteiger partial charge in [-0.2, -0.15) is 5.10 Å². The number of rotatable bonds is 5. The van der Waals surface area contributed by atoms with E-state index in [0.29, 0.717) is 23.0 Å². The Bertz CT molecular complexity index is 833. The fourth-order valence-electron chi connectivity index (χ4n) is 2.29. The highest BCUT2D eigenvalue weighted by molar-refractivity contribution is 8.01. The first kappa shape index (κ1) is 17.6. The molecule has 0 unspecified atom stereocenters. The van der Waals surface area contributed by atoms with E-state index in [0.717, 1.165) is 15.7 Å². The Balaban J connectivity index is 1.77. The minimum Gasteiger partial charge on any atom is -0.295 e. The van der Waals surface area contributed by atoms with Crippen LogP contribution in [-0.4, -0.2) is 33.5 Å². The first-order valence-corrected chi connectivity index (χ1v) is 9.62. The molecule has 25 heavy (non-hydrogen) atoms. The molecule has 0 fully saturated rings. The molecule has 1 aliphatic rings. The third-order valence-electron chi connectivity index (χ3n) is 3.44. The van der Waals surface area contributed by atoms with Gasteiger partial charge in [0.15, 0.2) is 4.34 Å². The normalized spacial score (nSPS) is 14.4. The van der Waals surface area contributed by atoms with Crippen LogP contribution in [0.4, 0.5) is 10.8 Å². The van der Waals surface area contributed by atoms with Gasteiger partial charge in [0.2, 0.25) is 11.0 Å². The van der Waals surface area contributed by atoms with Gasteiger partial charge in [-0.1, -0.05) is 42.2 Å². The Kier molecular flexibility index (Phi) is 5.44. The van der Waals surface area contributed by atoms with Gasteiger partial charge in [0.1, 0.15) is 5.71 Å². The number of nitrogens with zero attached hydrogens (tertiary/aromatic N) is 4. The second-order valence-corrected chi connectivity index (χ2v) is 7.84. The van der Waals surface area contributed by atoms with Crippen LogP contribution < -0.4 is 10.3 Å². The zero-order valence-corrected chi connectivity index (χ0v) is 15.5. The summed E-state index contributed by atoms with van der Waals surface area (Å²) in [6, 6.07) is 7.46. The SMILES string of the molecule is CCSc1nnc(NC(=O)C2=NN(c3cccc(C)c3)C(=O)CC2)s1. The summed E-state index contributed by atoms with van der Waals surface area (Å²) >= 11 is 2.89. The van der Waals surface area contributed by atoms with Crippen molar-refractivity contribution in [2.24, 2.45) is 5.10 Å². The van der Waals surface area contributed by atoms with Crippen molar-refractivity contribution in [3.05, 3.63) is 29.8 Å². The lowest BCUT2D eigenvalue weighted by molar-refractivity contribution is -0.118. The summed E-state index contributed by atoms with van der Waals surface area (Å²) in [5.41, 5.74) is 1.99. The van der Waals surface area contributed by atoms with E-state index < -0.39 is 0 Å². The number of amides is 2. The molecule has 1 aromatic carbocycles. The lowest BCUT2D eigenvalue weighted by atomic mass is 10.1. The number of thioether (sulfide) groups is 1. The maximum absolute atomic E-state index is 12.4. The highest BCUT2D eigenvalue weighted by Gasteiger charge is 2.26. The number of anilines is 2. The maximum Gasteiger partial charge on any atom is 0.273 e. The van der Waals surface area contributed by atoms with E-state index >= 15 is 0 Å². The molecule has 3 rings (SSSR count). The second kappa shape index (κ2) is 7.75. The van der Waals surface area contributed by atoms with E-state index in [1.54, 1.807) is 17.8 Å². The predicted octanol–water partition coefficient (Wildman–Crippen LogP) is 3.08. The monoisotopic (exact) mass is 375 g/mol. The number of hydrogen-bond acceptors (Lipinski definition) is 7. The van der Waals surface area contributed by atoms with E-state index in [2.05, 4.69) is 20.6 Å². The Morgan fingerprint density at radius 3 is 2.96 bits per heavy atom. The number of benzene rings is 1. The van der Waals surface area contributed by atoms with Crippen molar-refractivity contribution in [1.82, 2.24) is 10.2 Å². The van der Waals surface area contributed by atoms with E-state index in [1.165, 1.54) is 16.3 Å². The van der Waals surface area contributed by atoms with Gasteiger partial charge >= 0.3 is 0 Å². The van der Waals surface area contributed by atoms with Crippen molar-refractivity contribution >= 4 is 51.4 Å². The lowest BCUT2D eigenvalue weighted by Crippen LogP contribution is -2.36. The van der Waals surface area contributed by atoms with Gasteiger partial charge in [0, 0.05) is 12.8 Å². The van der Waals surface area contributed by atoms with Crippen LogP contribution in [-0.2, 0) is 9.59 Å². The fraction of sp³-hybridized carbons (Fsp3) is 0.312. The molecule has 0 radical (unpaired) electrons. The van der Waals surface area contributed by atoms with Crippen LogP contribution >= 0.6 is 23.1 Å². The van der Waals surface area contributed by atoms with Gasteiger partial charge in [-0.3, -0.25) is 14.9 Å². The average Bonchev–Trinajstić information content (AvgIpc) is 3.02. The molecule has 0 bridgehead atoms. The third-order valence-corrected chi connectivity index (χ3v) is 5.29. The smallest absolute Gasteiger partial charge is 0.273 e. The van der Waals surface area contributed by atoms with Gasteiger partial charge in [0.25, 0.3) is 5.91 Å². The van der Waals surface area contributed by atoms with Crippen LogP contribution in [0.15, 0.2) is 33.7 Å². The first-order chi connectivity index (χ1) is 12.1. The van der Waals surface area contributed by atoms with E-state index in [9.17, 15) is 9.59 Å². The summed E-state index contributed by atoms with van der Waals surface area (Å²) in [4.78, 5) is 24.6. The molecular weight excluding hydrogens is 358 g/mol. The van der Waals surface area contributed by atoms with Gasteiger partial charge in [0.05, 0.1) is 5.69 Å². The number of nitrogens with one attached hydrogen (secondary N) is 1. The van der Waals surface area contributed by atoms with Crippen molar-refractivity contribution in [2.45, 2.75) is 31.0 Å². The summed E-state index contributed by atoms with van der Waals surface area (Å²) in [5.74, 6) is 0.414. The van der Waals surface area contributed by atoms with Crippen molar-refractivity contribution in [2.75, 3.05) is 16.1 Å². The molecule has 2 aromatic rings. The topological polar surface area (TPSA) is 87.6 Å². The molecule has 2 heterocycles. The molecule has 0 atom stereocenters. The molecule has 0 saturated heterocycles. The number of aryl methyl sites for hydroxylation is 1. The minimum absolute atomic E-state index is 0.125. The van der Waals surface area contributed by atoms with Gasteiger partial charge in [-0.05, 0) is 30.4 Å². The average molecular weight is 375 g/mol. The van der Waals surface area contributed by atoms with E-state index in [-0.39, 0.29) is 18.2 Å². The minimum atomic E-state index is -0.352. The highest BCUT2D eigenvalue weighted by atomic mass is 32.2. The highest BCUT2D eigenvalue weighted by Crippen LogP contribution is 2.26. The summed E-state index contributed by atoms with van der Waals surface area (Å²) in [7, 11) is 0. The van der Waals surface area contributed by atoms with Gasteiger partial charge in [-0.15, -0.1) is 10.2 Å². The Hall–Kier alpha value is -2.26. The quantitative estimate of drug-likeness (QED) is 0.641. The number of hydrazone groups is 1. The fourth-order valence-corrected chi connectivity index (χ4v) is 3.93. The van der Waals surface area contributed by atoms with Crippen LogP contribution in [0.5, 0.6) is 0 Å². The molecule has 7 nitrogen and oxygen atoms in total. The van der Waals surface area contributed by atoms with Crippen molar-refractivity contribution < 1.29 is 9.59 Å². The Morgan fingerprint density at radius 2 is 2.20 bits per heavy atom. The first-order valence-electron chi connectivity index (χ1n) is 7.81. The summed E-state index contributed by atoms with van der Waals surface area (Å²) < 4.78 is 0.806. The lowest BCUT2D eigenvalue weighted by Gasteiger charge is -2.23. The van der Waals surface area contributed by atoms with Crippen LogP contribution in [0.1, 0.15) is 25.3 Å². The van der Waals surface area contributed by atoms with Crippen molar-refractivity contribution in [1.29, 1.82) is 0 Å². The molecule has 1 aliphatic heterocycles. The number of hydrogen-bond donors (Lipinski definition) is 1. The number of carbonyl (C=O) groups is 2. The zero-order valence-electron chi connectivity index (χ0n) is 13.9. The van der Waals surface area contributed by atoms with E-state index in [1.807, 2.05) is 32.0 Å². The molecule has 0 aliphatic carbocycles. The summed E-state index contributed by atoms with van der Waals surface area (Å²) in [5, 5.41) is 16.6. The Labute approximate surface area is 153 Å². The molecule has 0 saturated carbocycles. The van der Waals surface area contributed by atoms with Crippen molar-refractivity contribution in [3.8, 4) is 0 Å². The number of aromatic nitrogens is 2.